The molecule has 0 aromatic heterocycles. The number of terminal acetylenes is 1. The average Bonchev–Trinajstić information content (AvgIpc) is 3.15. The van der Waals surface area contributed by atoms with Gasteiger partial charge in [-0.25, -0.2) is 0 Å². The van der Waals surface area contributed by atoms with E-state index in [4.69, 9.17) is 6.42 Å². The predicted octanol–water partition coefficient (Wildman–Crippen LogP) is 9.54. The Labute approximate surface area is 201 Å². The van der Waals surface area contributed by atoms with Crippen molar-refractivity contribution in [3.8, 4) is 34.6 Å². The van der Waals surface area contributed by atoms with Gasteiger partial charge in [0.15, 0.2) is 0 Å². The molecule has 0 unspecified atom stereocenters. The molecule has 0 heterocycles. The van der Waals surface area contributed by atoms with Crippen molar-refractivity contribution in [2.75, 3.05) is 0 Å². The quantitative estimate of drug-likeness (QED) is 0.208. The second-order valence-corrected chi connectivity index (χ2v) is 9.67. The Morgan fingerprint density at radius 3 is 1.79 bits per heavy atom. The summed E-state index contributed by atoms with van der Waals surface area (Å²) in [5, 5.41) is 0. The van der Waals surface area contributed by atoms with E-state index in [1.54, 1.807) is 5.56 Å². The summed E-state index contributed by atoms with van der Waals surface area (Å²) in [6.45, 7) is 4.60. The van der Waals surface area contributed by atoms with Gasteiger partial charge in [0.25, 0.3) is 0 Å². The van der Waals surface area contributed by atoms with E-state index < -0.39 is 0 Å². The zero-order chi connectivity index (χ0) is 23.1. The standard InChI is InChI=1S/C33H38/c1-4-7-9-15-24-33(25-16-10-8-5-2)31-23-14-13-20-28(31)30-22-17-21-29(32(30)33)27-19-12-11-18-26(27)6-3/h3,11-14,17-23H,4-5,7-10,15-16,24-25H2,1-2H3. The van der Waals surface area contributed by atoms with Crippen LogP contribution in [0.15, 0.2) is 66.7 Å². The van der Waals surface area contributed by atoms with Crippen molar-refractivity contribution in [1.82, 2.24) is 0 Å². The number of hydrogen-bond donors (Lipinski definition) is 0. The molecule has 0 nitrogen and oxygen atoms in total. The van der Waals surface area contributed by atoms with Crippen molar-refractivity contribution in [3.05, 3.63) is 83.4 Å². The molecule has 0 N–H and O–H groups in total. The molecule has 3 aromatic carbocycles. The molecule has 0 heteroatoms. The maximum absolute atomic E-state index is 5.96. The molecule has 1 aliphatic carbocycles. The number of benzene rings is 3. The van der Waals surface area contributed by atoms with Crippen LogP contribution in [0.25, 0.3) is 22.3 Å². The van der Waals surface area contributed by atoms with Gasteiger partial charge < -0.3 is 0 Å². The second kappa shape index (κ2) is 10.9. The van der Waals surface area contributed by atoms with Crippen LogP contribution in [0.1, 0.15) is 94.7 Å². The molecule has 170 valence electrons. The summed E-state index contributed by atoms with van der Waals surface area (Å²) in [6.07, 6.45) is 18.8. The molecule has 1 aliphatic rings. The highest BCUT2D eigenvalue weighted by Crippen LogP contribution is 2.57. The van der Waals surface area contributed by atoms with E-state index in [9.17, 15) is 0 Å². The van der Waals surface area contributed by atoms with Gasteiger partial charge in [0.2, 0.25) is 0 Å². The van der Waals surface area contributed by atoms with Crippen molar-refractivity contribution in [3.63, 3.8) is 0 Å². The van der Waals surface area contributed by atoms with Crippen LogP contribution in [0.3, 0.4) is 0 Å². The van der Waals surface area contributed by atoms with Gasteiger partial charge in [0.05, 0.1) is 0 Å². The minimum absolute atomic E-state index is 0.0751. The second-order valence-electron chi connectivity index (χ2n) is 9.67. The van der Waals surface area contributed by atoms with Gasteiger partial charge in [-0.1, -0.05) is 132 Å². The van der Waals surface area contributed by atoms with E-state index >= 15 is 0 Å². The van der Waals surface area contributed by atoms with Crippen molar-refractivity contribution >= 4 is 0 Å². The minimum atomic E-state index is 0.0751. The first kappa shape index (κ1) is 23.4. The van der Waals surface area contributed by atoms with Gasteiger partial charge in [0, 0.05) is 11.0 Å². The molecule has 0 fully saturated rings. The Bertz CT molecular complexity index is 1100. The number of unbranched alkanes of at least 4 members (excludes halogenated alkanes) is 6. The maximum Gasteiger partial charge on any atom is 0.0321 e. The molecule has 0 spiro atoms. The van der Waals surface area contributed by atoms with E-state index in [0.29, 0.717) is 0 Å². The lowest BCUT2D eigenvalue weighted by atomic mass is 9.68. The zero-order valence-electron chi connectivity index (χ0n) is 20.5. The molecule has 0 atom stereocenters. The summed E-state index contributed by atoms with van der Waals surface area (Å²) in [5.74, 6) is 2.95. The van der Waals surface area contributed by atoms with E-state index in [-0.39, 0.29) is 5.41 Å². The Morgan fingerprint density at radius 2 is 1.15 bits per heavy atom. The topological polar surface area (TPSA) is 0 Å². The lowest BCUT2D eigenvalue weighted by Crippen LogP contribution is -2.26. The van der Waals surface area contributed by atoms with Gasteiger partial charge in [-0.2, -0.15) is 0 Å². The fraction of sp³-hybridized carbons (Fsp3) is 0.394. The van der Waals surface area contributed by atoms with Crippen molar-refractivity contribution in [2.24, 2.45) is 0 Å². The van der Waals surface area contributed by atoms with Crippen LogP contribution < -0.4 is 0 Å². The van der Waals surface area contributed by atoms with Gasteiger partial charge in [-0.3, -0.25) is 0 Å². The van der Waals surface area contributed by atoms with Crippen LogP contribution in [0.4, 0.5) is 0 Å². The molecule has 0 aliphatic heterocycles. The largest absolute Gasteiger partial charge is 0.115 e. The number of hydrogen-bond acceptors (Lipinski definition) is 0. The molecular weight excluding hydrogens is 396 g/mol. The Hall–Kier alpha value is -2.78. The number of rotatable bonds is 11. The molecule has 0 radical (unpaired) electrons. The van der Waals surface area contributed by atoms with E-state index in [1.807, 2.05) is 0 Å². The molecule has 0 bridgehead atoms. The third kappa shape index (κ3) is 4.52. The molecular formula is C33H38. The fourth-order valence-corrected chi connectivity index (χ4v) is 5.98. The predicted molar refractivity (Wildman–Crippen MR) is 144 cm³/mol. The lowest BCUT2D eigenvalue weighted by Gasteiger charge is -2.34. The highest BCUT2D eigenvalue weighted by Gasteiger charge is 2.43. The lowest BCUT2D eigenvalue weighted by molar-refractivity contribution is 0.402. The van der Waals surface area contributed by atoms with Crippen molar-refractivity contribution < 1.29 is 0 Å². The third-order valence-electron chi connectivity index (χ3n) is 7.56. The summed E-state index contributed by atoms with van der Waals surface area (Å²) in [5.41, 5.74) is 9.53. The first-order chi connectivity index (χ1) is 16.3. The van der Waals surface area contributed by atoms with Gasteiger partial charge in [-0.05, 0) is 52.3 Å². The van der Waals surface area contributed by atoms with Crippen molar-refractivity contribution in [2.45, 2.75) is 83.5 Å². The summed E-state index contributed by atoms with van der Waals surface area (Å²) in [6, 6.07) is 24.6. The summed E-state index contributed by atoms with van der Waals surface area (Å²) in [4.78, 5) is 0. The van der Waals surface area contributed by atoms with Gasteiger partial charge >= 0.3 is 0 Å². The number of fused-ring (bicyclic) bond motifs is 3. The molecule has 33 heavy (non-hydrogen) atoms. The monoisotopic (exact) mass is 434 g/mol. The van der Waals surface area contributed by atoms with E-state index in [2.05, 4.69) is 86.5 Å². The average molecular weight is 435 g/mol. The first-order valence-electron chi connectivity index (χ1n) is 13.1. The van der Waals surface area contributed by atoms with Crippen LogP contribution in [0.2, 0.25) is 0 Å². The molecule has 3 aromatic rings. The van der Waals surface area contributed by atoms with E-state index in [1.165, 1.54) is 92.0 Å². The Morgan fingerprint density at radius 1 is 0.606 bits per heavy atom. The van der Waals surface area contributed by atoms with Gasteiger partial charge in [0.1, 0.15) is 0 Å². The smallest absolute Gasteiger partial charge is 0.0321 e. The van der Waals surface area contributed by atoms with Crippen LogP contribution in [-0.2, 0) is 5.41 Å². The molecule has 4 rings (SSSR count). The Kier molecular flexibility index (Phi) is 7.72. The highest BCUT2D eigenvalue weighted by atomic mass is 14.5. The highest BCUT2D eigenvalue weighted by molar-refractivity contribution is 5.89. The molecule has 0 saturated carbocycles. The summed E-state index contributed by atoms with van der Waals surface area (Å²) < 4.78 is 0. The fourth-order valence-electron chi connectivity index (χ4n) is 5.98. The first-order valence-corrected chi connectivity index (χ1v) is 13.1. The van der Waals surface area contributed by atoms with Crippen LogP contribution >= 0.6 is 0 Å². The summed E-state index contributed by atoms with van der Waals surface area (Å²) in [7, 11) is 0. The van der Waals surface area contributed by atoms with Crippen LogP contribution in [0.5, 0.6) is 0 Å². The maximum atomic E-state index is 5.96. The molecule has 0 saturated heterocycles. The van der Waals surface area contributed by atoms with Crippen LogP contribution in [0, 0.1) is 12.3 Å². The van der Waals surface area contributed by atoms with E-state index in [0.717, 1.165) is 5.56 Å². The van der Waals surface area contributed by atoms with Gasteiger partial charge in [-0.15, -0.1) is 6.42 Å². The normalized spacial score (nSPS) is 13.4. The van der Waals surface area contributed by atoms with Crippen LogP contribution in [-0.4, -0.2) is 0 Å². The molecule has 0 amide bonds. The third-order valence-corrected chi connectivity index (χ3v) is 7.56. The zero-order valence-corrected chi connectivity index (χ0v) is 20.5. The Balaban J connectivity index is 1.90. The minimum Gasteiger partial charge on any atom is -0.115 e. The SMILES string of the molecule is C#Cc1ccccc1-c1cccc2c1C(CCCCCC)(CCCCCC)c1ccccc1-2. The summed E-state index contributed by atoms with van der Waals surface area (Å²) >= 11 is 0. The van der Waals surface area contributed by atoms with Crippen molar-refractivity contribution in [1.29, 1.82) is 0 Å².